The first-order valence-corrected chi connectivity index (χ1v) is 9.48. The van der Waals surface area contributed by atoms with Gasteiger partial charge in [0.15, 0.2) is 6.10 Å². The van der Waals surface area contributed by atoms with Crippen LogP contribution in [0.3, 0.4) is 0 Å². The lowest BCUT2D eigenvalue weighted by molar-refractivity contribution is -0.128. The fourth-order valence-electron chi connectivity index (χ4n) is 3.64. The van der Waals surface area contributed by atoms with Crippen LogP contribution in [-0.2, 0) is 4.79 Å². The standard InChI is InChI=1S/C23H29NO3/c1-14-7-8-19-20(13-23(5,6)27-21(19)12-14)24-22(25)17(4)26-18-10-15(2)9-16(3)11-18/h7-12,17,20H,13H2,1-6H3,(H,24,25)/t17-,20+/m1/s1. The third kappa shape index (κ3) is 4.62. The monoisotopic (exact) mass is 367 g/mol. The zero-order valence-electron chi connectivity index (χ0n) is 17.1. The number of nitrogens with one attached hydrogen (secondary N) is 1. The highest BCUT2D eigenvalue weighted by molar-refractivity contribution is 5.81. The molecule has 0 fully saturated rings. The smallest absolute Gasteiger partial charge is 0.261 e. The van der Waals surface area contributed by atoms with E-state index in [-0.39, 0.29) is 17.6 Å². The lowest BCUT2D eigenvalue weighted by Crippen LogP contribution is -2.44. The van der Waals surface area contributed by atoms with E-state index in [1.807, 2.05) is 58.9 Å². The maximum Gasteiger partial charge on any atom is 0.261 e. The summed E-state index contributed by atoms with van der Waals surface area (Å²) in [6.07, 6.45) is 0.136. The van der Waals surface area contributed by atoms with Crippen molar-refractivity contribution in [2.24, 2.45) is 0 Å². The van der Waals surface area contributed by atoms with E-state index in [0.29, 0.717) is 6.42 Å². The molecule has 2 atom stereocenters. The Kier molecular flexibility index (Phi) is 5.18. The van der Waals surface area contributed by atoms with Gasteiger partial charge < -0.3 is 14.8 Å². The second kappa shape index (κ2) is 7.26. The summed E-state index contributed by atoms with van der Waals surface area (Å²) in [6.45, 7) is 12.0. The minimum atomic E-state index is -0.578. The van der Waals surface area contributed by atoms with Crippen molar-refractivity contribution < 1.29 is 14.3 Å². The number of ether oxygens (including phenoxy) is 2. The van der Waals surface area contributed by atoms with Crippen LogP contribution < -0.4 is 14.8 Å². The van der Waals surface area contributed by atoms with Gasteiger partial charge in [0.25, 0.3) is 5.91 Å². The molecule has 0 aromatic heterocycles. The second-order valence-electron chi connectivity index (χ2n) is 8.25. The first-order valence-electron chi connectivity index (χ1n) is 9.48. The van der Waals surface area contributed by atoms with E-state index >= 15 is 0 Å². The molecule has 0 saturated carbocycles. The molecule has 1 amide bonds. The fourth-order valence-corrected chi connectivity index (χ4v) is 3.64. The van der Waals surface area contributed by atoms with Crippen LogP contribution in [0.4, 0.5) is 0 Å². The SMILES string of the molecule is Cc1cc(C)cc(O[C@H](C)C(=O)N[C@H]2CC(C)(C)Oc3cc(C)ccc32)c1. The van der Waals surface area contributed by atoms with Gasteiger partial charge in [0, 0.05) is 12.0 Å². The minimum absolute atomic E-state index is 0.0952. The average molecular weight is 367 g/mol. The van der Waals surface area contributed by atoms with Crippen molar-refractivity contribution in [1.29, 1.82) is 0 Å². The summed E-state index contributed by atoms with van der Waals surface area (Å²) in [5.41, 5.74) is 4.06. The topological polar surface area (TPSA) is 47.6 Å². The van der Waals surface area contributed by atoms with Crippen molar-refractivity contribution >= 4 is 5.91 Å². The molecule has 0 radical (unpaired) electrons. The van der Waals surface area contributed by atoms with E-state index in [4.69, 9.17) is 9.47 Å². The molecule has 27 heavy (non-hydrogen) atoms. The summed E-state index contributed by atoms with van der Waals surface area (Å²) in [7, 11) is 0. The van der Waals surface area contributed by atoms with Crippen molar-refractivity contribution in [2.45, 2.75) is 65.7 Å². The maximum atomic E-state index is 12.8. The van der Waals surface area contributed by atoms with E-state index in [1.54, 1.807) is 6.92 Å². The predicted octanol–water partition coefficient (Wildman–Crippen LogP) is 4.80. The fraction of sp³-hybridized carbons (Fsp3) is 0.435. The number of fused-ring (bicyclic) bond motifs is 1. The van der Waals surface area contributed by atoms with E-state index in [2.05, 4.69) is 17.4 Å². The molecular weight excluding hydrogens is 338 g/mol. The van der Waals surface area contributed by atoms with Crippen molar-refractivity contribution in [1.82, 2.24) is 5.32 Å². The van der Waals surface area contributed by atoms with Gasteiger partial charge in [-0.1, -0.05) is 18.2 Å². The average Bonchev–Trinajstić information content (AvgIpc) is 2.52. The highest BCUT2D eigenvalue weighted by Gasteiger charge is 2.35. The van der Waals surface area contributed by atoms with Gasteiger partial charge in [-0.3, -0.25) is 4.79 Å². The number of hydrogen-bond acceptors (Lipinski definition) is 3. The third-order valence-electron chi connectivity index (χ3n) is 4.82. The van der Waals surface area contributed by atoms with Gasteiger partial charge in [-0.15, -0.1) is 0 Å². The van der Waals surface area contributed by atoms with Gasteiger partial charge in [-0.2, -0.15) is 0 Å². The quantitative estimate of drug-likeness (QED) is 0.844. The summed E-state index contributed by atoms with van der Waals surface area (Å²) in [5, 5.41) is 3.16. The summed E-state index contributed by atoms with van der Waals surface area (Å²) >= 11 is 0. The van der Waals surface area contributed by atoms with Gasteiger partial charge in [0.1, 0.15) is 17.1 Å². The largest absolute Gasteiger partial charge is 0.487 e. The number of benzene rings is 2. The Morgan fingerprint density at radius 1 is 1.11 bits per heavy atom. The van der Waals surface area contributed by atoms with Crippen LogP contribution in [0.2, 0.25) is 0 Å². The summed E-state index contributed by atoms with van der Waals surface area (Å²) in [5.74, 6) is 1.45. The van der Waals surface area contributed by atoms with Gasteiger partial charge in [0.05, 0.1) is 6.04 Å². The Morgan fingerprint density at radius 2 is 1.78 bits per heavy atom. The molecule has 1 aliphatic heterocycles. The van der Waals surface area contributed by atoms with Crippen molar-refractivity contribution in [3.8, 4) is 11.5 Å². The van der Waals surface area contributed by atoms with Gasteiger partial charge in [-0.25, -0.2) is 0 Å². The summed E-state index contributed by atoms with van der Waals surface area (Å²) in [4.78, 5) is 12.8. The van der Waals surface area contributed by atoms with E-state index in [1.165, 1.54) is 0 Å². The molecule has 0 bridgehead atoms. The zero-order valence-corrected chi connectivity index (χ0v) is 17.1. The van der Waals surface area contributed by atoms with E-state index in [9.17, 15) is 4.79 Å². The molecule has 0 saturated heterocycles. The maximum absolute atomic E-state index is 12.8. The highest BCUT2D eigenvalue weighted by atomic mass is 16.5. The molecule has 2 aromatic rings. The first kappa shape index (κ1) is 19.3. The molecule has 1 aliphatic rings. The summed E-state index contributed by atoms with van der Waals surface area (Å²) < 4.78 is 12.0. The molecule has 1 N–H and O–H groups in total. The number of rotatable bonds is 4. The first-order chi connectivity index (χ1) is 12.6. The Morgan fingerprint density at radius 3 is 2.44 bits per heavy atom. The molecule has 1 heterocycles. The Bertz CT molecular complexity index is 836. The number of amides is 1. The van der Waals surface area contributed by atoms with Crippen LogP contribution >= 0.6 is 0 Å². The normalized spacial score (nSPS) is 18.8. The molecule has 0 aliphatic carbocycles. The molecule has 4 nitrogen and oxygen atoms in total. The van der Waals surface area contributed by atoms with E-state index in [0.717, 1.165) is 33.8 Å². The highest BCUT2D eigenvalue weighted by Crippen LogP contribution is 2.40. The number of aryl methyl sites for hydroxylation is 3. The Labute approximate surface area is 161 Å². The lowest BCUT2D eigenvalue weighted by Gasteiger charge is -2.38. The van der Waals surface area contributed by atoms with Crippen LogP contribution in [-0.4, -0.2) is 17.6 Å². The molecule has 4 heteroatoms. The van der Waals surface area contributed by atoms with Crippen LogP contribution in [0.25, 0.3) is 0 Å². The zero-order chi connectivity index (χ0) is 19.8. The Balaban J connectivity index is 1.75. The molecule has 0 unspecified atom stereocenters. The number of carbonyl (C=O) groups is 1. The molecule has 0 spiro atoms. The van der Waals surface area contributed by atoms with Crippen molar-refractivity contribution in [3.05, 3.63) is 58.7 Å². The molecule has 3 rings (SSSR count). The third-order valence-corrected chi connectivity index (χ3v) is 4.82. The number of carbonyl (C=O) groups excluding carboxylic acids is 1. The molecular formula is C23H29NO3. The lowest BCUT2D eigenvalue weighted by atomic mass is 9.89. The van der Waals surface area contributed by atoms with Crippen LogP contribution in [0, 0.1) is 20.8 Å². The molecule has 144 valence electrons. The van der Waals surface area contributed by atoms with Crippen LogP contribution in [0.5, 0.6) is 11.5 Å². The van der Waals surface area contributed by atoms with Gasteiger partial charge in [-0.05, 0) is 76.4 Å². The minimum Gasteiger partial charge on any atom is -0.487 e. The van der Waals surface area contributed by atoms with E-state index < -0.39 is 6.10 Å². The van der Waals surface area contributed by atoms with Crippen molar-refractivity contribution in [2.75, 3.05) is 0 Å². The second-order valence-corrected chi connectivity index (χ2v) is 8.25. The Hall–Kier alpha value is -2.49. The van der Waals surface area contributed by atoms with Crippen molar-refractivity contribution in [3.63, 3.8) is 0 Å². The van der Waals surface area contributed by atoms with Gasteiger partial charge >= 0.3 is 0 Å². The summed E-state index contributed by atoms with van der Waals surface area (Å²) in [6, 6.07) is 12.0. The molecule has 2 aromatic carbocycles. The predicted molar refractivity (Wildman–Crippen MR) is 107 cm³/mol. The van der Waals surface area contributed by atoms with Crippen LogP contribution in [0.1, 0.15) is 55.5 Å². The van der Waals surface area contributed by atoms with Gasteiger partial charge in [0.2, 0.25) is 0 Å². The number of hydrogen-bond donors (Lipinski definition) is 1. The van der Waals surface area contributed by atoms with Crippen LogP contribution in [0.15, 0.2) is 36.4 Å².